The van der Waals surface area contributed by atoms with Gasteiger partial charge < -0.3 is 5.32 Å². The molecule has 1 heterocycles. The van der Waals surface area contributed by atoms with E-state index in [0.717, 1.165) is 10.9 Å². The predicted molar refractivity (Wildman–Crippen MR) is 77.0 cm³/mol. The second kappa shape index (κ2) is 5.03. The summed E-state index contributed by atoms with van der Waals surface area (Å²) in [6.45, 7) is 8.62. The quantitative estimate of drug-likeness (QED) is 0.921. The van der Waals surface area contributed by atoms with E-state index in [1.807, 2.05) is 31.6 Å². The van der Waals surface area contributed by atoms with Gasteiger partial charge in [0.2, 0.25) is 5.91 Å². The maximum atomic E-state index is 11.8. The van der Waals surface area contributed by atoms with E-state index in [4.69, 9.17) is 0 Å². The first kappa shape index (κ1) is 13.6. The van der Waals surface area contributed by atoms with Gasteiger partial charge >= 0.3 is 0 Å². The normalized spacial score (nSPS) is 11.8. The molecule has 0 aliphatic heterocycles. The molecule has 0 bridgehead atoms. The van der Waals surface area contributed by atoms with Crippen LogP contribution in [-0.2, 0) is 11.3 Å². The highest BCUT2D eigenvalue weighted by atomic mass is 16.1. The number of rotatable bonds is 3. The summed E-state index contributed by atoms with van der Waals surface area (Å²) in [4.78, 5) is 11.8. The van der Waals surface area contributed by atoms with Crippen molar-refractivity contribution in [1.29, 1.82) is 0 Å². The molecule has 0 aliphatic carbocycles. The molecule has 4 heteroatoms. The molecule has 0 fully saturated rings. The first-order valence-corrected chi connectivity index (χ1v) is 6.58. The van der Waals surface area contributed by atoms with E-state index < -0.39 is 0 Å². The molecule has 4 nitrogen and oxygen atoms in total. The lowest BCUT2D eigenvalue weighted by molar-refractivity contribution is -0.122. The largest absolute Gasteiger partial charge is 0.351 e. The highest BCUT2D eigenvalue weighted by Gasteiger charge is 2.13. The standard InChI is InChI=1S/C15H21N3O/c1-11-5-6-12-10-16-18(13(12)9-11)8-7-14(19)17-15(2,3)4/h5-6,9-10H,7-8H2,1-4H3,(H,17,19). The lowest BCUT2D eigenvalue weighted by Gasteiger charge is -2.20. The fraction of sp³-hybridized carbons (Fsp3) is 0.467. The molecule has 102 valence electrons. The first-order chi connectivity index (χ1) is 8.85. The Labute approximate surface area is 113 Å². The maximum Gasteiger partial charge on any atom is 0.222 e. The van der Waals surface area contributed by atoms with E-state index >= 15 is 0 Å². The van der Waals surface area contributed by atoms with Crippen LogP contribution in [0.1, 0.15) is 32.8 Å². The van der Waals surface area contributed by atoms with E-state index in [-0.39, 0.29) is 11.4 Å². The predicted octanol–water partition coefficient (Wildman–Crippen LogP) is 2.65. The first-order valence-electron chi connectivity index (χ1n) is 6.58. The molecule has 2 aromatic rings. The Balaban J connectivity index is 2.06. The molecule has 19 heavy (non-hydrogen) atoms. The molecular weight excluding hydrogens is 238 g/mol. The highest BCUT2D eigenvalue weighted by molar-refractivity contribution is 5.80. The van der Waals surface area contributed by atoms with Crippen LogP contribution in [0.15, 0.2) is 24.4 Å². The molecule has 1 N–H and O–H groups in total. The molecule has 0 saturated carbocycles. The molecular formula is C15H21N3O. The van der Waals surface area contributed by atoms with Crippen LogP contribution < -0.4 is 5.32 Å². The van der Waals surface area contributed by atoms with Gasteiger partial charge in [-0.2, -0.15) is 5.10 Å². The summed E-state index contributed by atoms with van der Waals surface area (Å²) in [6, 6.07) is 6.23. The van der Waals surface area contributed by atoms with Crippen LogP contribution in [0.3, 0.4) is 0 Å². The Morgan fingerprint density at radius 1 is 1.37 bits per heavy atom. The number of fused-ring (bicyclic) bond motifs is 1. The zero-order valence-corrected chi connectivity index (χ0v) is 12.0. The van der Waals surface area contributed by atoms with Crippen molar-refractivity contribution in [3.05, 3.63) is 30.0 Å². The van der Waals surface area contributed by atoms with Gasteiger partial charge in [0.05, 0.1) is 18.3 Å². The van der Waals surface area contributed by atoms with Gasteiger partial charge in [-0.05, 0) is 39.3 Å². The summed E-state index contributed by atoms with van der Waals surface area (Å²) >= 11 is 0. The fourth-order valence-electron chi connectivity index (χ4n) is 2.05. The Morgan fingerprint density at radius 2 is 2.11 bits per heavy atom. The number of aryl methyl sites for hydroxylation is 2. The van der Waals surface area contributed by atoms with Gasteiger partial charge in [0.1, 0.15) is 0 Å². The van der Waals surface area contributed by atoms with Crippen molar-refractivity contribution >= 4 is 16.8 Å². The van der Waals surface area contributed by atoms with Crippen LogP contribution in [-0.4, -0.2) is 21.2 Å². The summed E-state index contributed by atoms with van der Waals surface area (Å²) in [6.07, 6.45) is 2.29. The van der Waals surface area contributed by atoms with E-state index in [0.29, 0.717) is 13.0 Å². The monoisotopic (exact) mass is 259 g/mol. The number of nitrogens with one attached hydrogen (secondary N) is 1. The highest BCUT2D eigenvalue weighted by Crippen LogP contribution is 2.15. The van der Waals surface area contributed by atoms with E-state index in [2.05, 4.69) is 35.5 Å². The molecule has 0 spiro atoms. The fourth-order valence-corrected chi connectivity index (χ4v) is 2.05. The Bertz CT molecular complexity index is 593. The molecule has 1 aromatic carbocycles. The lowest BCUT2D eigenvalue weighted by atomic mass is 10.1. The van der Waals surface area contributed by atoms with Gasteiger partial charge in [-0.15, -0.1) is 0 Å². The number of hydrogen-bond acceptors (Lipinski definition) is 2. The van der Waals surface area contributed by atoms with Gasteiger partial charge in [-0.3, -0.25) is 9.48 Å². The molecule has 0 unspecified atom stereocenters. The average Bonchev–Trinajstić information content (AvgIpc) is 2.66. The van der Waals surface area contributed by atoms with Gasteiger partial charge in [0.25, 0.3) is 0 Å². The van der Waals surface area contributed by atoms with E-state index in [1.54, 1.807) is 0 Å². The van der Waals surface area contributed by atoms with Crippen LogP contribution in [0, 0.1) is 6.92 Å². The van der Waals surface area contributed by atoms with Crippen LogP contribution in [0.2, 0.25) is 0 Å². The third kappa shape index (κ3) is 3.56. The van der Waals surface area contributed by atoms with Crippen molar-refractivity contribution in [2.24, 2.45) is 0 Å². The van der Waals surface area contributed by atoms with E-state index in [9.17, 15) is 4.79 Å². The average molecular weight is 259 g/mol. The van der Waals surface area contributed by atoms with Crippen molar-refractivity contribution in [3.8, 4) is 0 Å². The summed E-state index contributed by atoms with van der Waals surface area (Å²) in [5.41, 5.74) is 2.11. The van der Waals surface area contributed by atoms with Gasteiger partial charge in [0, 0.05) is 17.3 Å². The number of benzene rings is 1. The molecule has 0 saturated heterocycles. The van der Waals surface area contributed by atoms with Crippen LogP contribution >= 0.6 is 0 Å². The number of aromatic nitrogens is 2. The van der Waals surface area contributed by atoms with Gasteiger partial charge in [-0.25, -0.2) is 0 Å². The van der Waals surface area contributed by atoms with Crippen LogP contribution in [0.5, 0.6) is 0 Å². The summed E-state index contributed by atoms with van der Waals surface area (Å²) in [5.74, 6) is 0.0591. The number of nitrogens with zero attached hydrogens (tertiary/aromatic N) is 2. The minimum atomic E-state index is -0.181. The Morgan fingerprint density at radius 3 is 2.79 bits per heavy atom. The Kier molecular flexibility index (Phi) is 3.60. The van der Waals surface area contributed by atoms with Crippen LogP contribution in [0.4, 0.5) is 0 Å². The zero-order valence-electron chi connectivity index (χ0n) is 12.0. The second-order valence-corrected chi connectivity index (χ2v) is 5.98. The lowest BCUT2D eigenvalue weighted by Crippen LogP contribution is -2.40. The van der Waals surface area contributed by atoms with Crippen molar-refractivity contribution < 1.29 is 4.79 Å². The van der Waals surface area contributed by atoms with Crippen LogP contribution in [0.25, 0.3) is 10.9 Å². The smallest absolute Gasteiger partial charge is 0.222 e. The molecule has 0 aliphatic rings. The SMILES string of the molecule is Cc1ccc2cnn(CCC(=O)NC(C)(C)C)c2c1. The Hall–Kier alpha value is -1.84. The van der Waals surface area contributed by atoms with Gasteiger partial charge in [0.15, 0.2) is 0 Å². The third-order valence-electron chi connectivity index (χ3n) is 2.87. The zero-order chi connectivity index (χ0) is 14.0. The topological polar surface area (TPSA) is 46.9 Å². The molecule has 1 amide bonds. The van der Waals surface area contributed by atoms with Crippen molar-refractivity contribution in [1.82, 2.24) is 15.1 Å². The molecule has 1 aromatic heterocycles. The van der Waals surface area contributed by atoms with Crippen molar-refractivity contribution in [2.75, 3.05) is 0 Å². The number of carbonyl (C=O) groups excluding carboxylic acids is 1. The molecule has 2 rings (SSSR count). The van der Waals surface area contributed by atoms with Crippen molar-refractivity contribution in [2.45, 2.75) is 46.2 Å². The summed E-state index contributed by atoms with van der Waals surface area (Å²) in [7, 11) is 0. The van der Waals surface area contributed by atoms with Crippen molar-refractivity contribution in [3.63, 3.8) is 0 Å². The number of carbonyl (C=O) groups is 1. The summed E-state index contributed by atoms with van der Waals surface area (Å²) in [5, 5.41) is 8.42. The maximum absolute atomic E-state index is 11.8. The van der Waals surface area contributed by atoms with E-state index in [1.165, 1.54) is 5.56 Å². The number of hydrogen-bond donors (Lipinski definition) is 1. The minimum Gasteiger partial charge on any atom is -0.351 e. The minimum absolute atomic E-state index is 0.0591. The summed E-state index contributed by atoms with van der Waals surface area (Å²) < 4.78 is 1.89. The van der Waals surface area contributed by atoms with Gasteiger partial charge in [-0.1, -0.05) is 12.1 Å². The third-order valence-corrected chi connectivity index (χ3v) is 2.87. The second-order valence-electron chi connectivity index (χ2n) is 5.98. The number of amides is 1. The molecule has 0 atom stereocenters. The molecule has 0 radical (unpaired) electrons.